The third kappa shape index (κ3) is 8.95. The van der Waals surface area contributed by atoms with Gasteiger partial charge in [0.15, 0.2) is 0 Å². The van der Waals surface area contributed by atoms with Crippen molar-refractivity contribution in [1.82, 2.24) is 4.90 Å². The Hall–Kier alpha value is -1.51. The molecule has 0 aliphatic carbocycles. The van der Waals surface area contributed by atoms with Crippen molar-refractivity contribution in [2.24, 2.45) is 0 Å². The molecule has 3 heteroatoms. The van der Waals surface area contributed by atoms with Gasteiger partial charge in [0.25, 0.3) is 0 Å². The second-order valence-corrected chi connectivity index (χ2v) is 7.95. The molecule has 0 spiro atoms. The largest absolute Gasteiger partial charge is 0.444 e. The predicted molar refractivity (Wildman–Crippen MR) is 102 cm³/mol. The second kappa shape index (κ2) is 9.71. The molecule has 0 aromatic heterocycles. The summed E-state index contributed by atoms with van der Waals surface area (Å²) in [6, 6.07) is 0. The van der Waals surface area contributed by atoms with Gasteiger partial charge >= 0.3 is 6.09 Å². The average molecular weight is 334 g/mol. The molecule has 0 atom stereocenters. The van der Waals surface area contributed by atoms with E-state index < -0.39 is 5.60 Å². The highest BCUT2D eigenvalue weighted by molar-refractivity contribution is 5.68. The van der Waals surface area contributed by atoms with Crippen molar-refractivity contribution in [3.8, 4) is 0 Å². The van der Waals surface area contributed by atoms with Gasteiger partial charge in [0, 0.05) is 13.1 Å². The van der Waals surface area contributed by atoms with Crippen LogP contribution in [0.25, 0.3) is 0 Å². The zero-order valence-corrected chi connectivity index (χ0v) is 16.4. The number of rotatable bonds is 6. The van der Waals surface area contributed by atoms with Crippen molar-refractivity contribution < 1.29 is 9.53 Å². The number of carbonyl (C=O) groups excluding carboxylic acids is 1. The smallest absolute Gasteiger partial charge is 0.410 e. The van der Waals surface area contributed by atoms with Gasteiger partial charge in [-0.3, -0.25) is 0 Å². The summed E-state index contributed by atoms with van der Waals surface area (Å²) < 4.78 is 5.42. The Balaban J connectivity index is 2.33. The summed E-state index contributed by atoms with van der Waals surface area (Å²) in [6.45, 7) is 13.7. The first kappa shape index (κ1) is 20.5. The maximum absolute atomic E-state index is 12.0. The summed E-state index contributed by atoms with van der Waals surface area (Å²) in [7, 11) is 0. The molecule has 0 aromatic carbocycles. The molecule has 0 fully saturated rings. The highest BCUT2D eigenvalue weighted by Gasteiger charge is 2.23. The van der Waals surface area contributed by atoms with Crippen molar-refractivity contribution in [2.75, 3.05) is 13.1 Å². The van der Waals surface area contributed by atoms with Crippen LogP contribution in [0.3, 0.4) is 0 Å². The molecule has 0 N–H and O–H groups in total. The Kier molecular flexibility index (Phi) is 8.30. The Bertz CT molecular complexity index is 502. The molecule has 1 amide bonds. The van der Waals surface area contributed by atoms with Crippen LogP contribution in [-0.2, 0) is 4.74 Å². The molecule has 0 saturated carbocycles. The van der Waals surface area contributed by atoms with Crippen LogP contribution in [0, 0.1) is 0 Å². The second-order valence-electron chi connectivity index (χ2n) is 7.95. The Morgan fingerprint density at radius 2 is 1.92 bits per heavy atom. The maximum Gasteiger partial charge on any atom is 0.410 e. The lowest BCUT2D eigenvalue weighted by Crippen LogP contribution is -2.39. The van der Waals surface area contributed by atoms with Crippen molar-refractivity contribution in [1.29, 1.82) is 0 Å². The highest BCUT2D eigenvalue weighted by atomic mass is 16.6. The van der Waals surface area contributed by atoms with Gasteiger partial charge in [0.05, 0.1) is 0 Å². The molecule has 1 rings (SSSR count). The number of carbonyl (C=O) groups is 1. The fourth-order valence-electron chi connectivity index (χ4n) is 2.63. The molecule has 24 heavy (non-hydrogen) atoms. The fraction of sp³-hybridized carbons (Fsp3) is 0.667. The number of hydrogen-bond donors (Lipinski definition) is 0. The van der Waals surface area contributed by atoms with Crippen LogP contribution in [0.5, 0.6) is 0 Å². The van der Waals surface area contributed by atoms with Crippen molar-refractivity contribution in [3.05, 3.63) is 34.9 Å². The van der Waals surface area contributed by atoms with E-state index in [1.807, 2.05) is 20.8 Å². The fourth-order valence-corrected chi connectivity index (χ4v) is 2.63. The van der Waals surface area contributed by atoms with Gasteiger partial charge in [-0.15, -0.1) is 0 Å². The maximum atomic E-state index is 12.0. The molecule has 0 bridgehead atoms. The SMILES string of the molecule is CC(C)=CCCC(C)=CCCC1=CCN(C(=O)OC(C)(C)C)CC1. The van der Waals surface area contributed by atoms with Crippen LogP contribution in [-0.4, -0.2) is 29.7 Å². The molecule has 1 heterocycles. The topological polar surface area (TPSA) is 29.5 Å². The zero-order chi connectivity index (χ0) is 18.2. The van der Waals surface area contributed by atoms with Crippen LogP contribution in [0.1, 0.15) is 73.6 Å². The molecular formula is C21H35NO2. The third-order valence-electron chi connectivity index (χ3n) is 4.00. The van der Waals surface area contributed by atoms with Gasteiger partial charge in [-0.05, 0) is 73.6 Å². The minimum atomic E-state index is -0.422. The normalized spacial score (nSPS) is 15.8. The molecule has 0 saturated heterocycles. The first-order chi connectivity index (χ1) is 11.2. The number of nitrogens with zero attached hydrogens (tertiary/aromatic N) is 1. The first-order valence-corrected chi connectivity index (χ1v) is 9.12. The van der Waals surface area contributed by atoms with E-state index >= 15 is 0 Å². The van der Waals surface area contributed by atoms with E-state index in [2.05, 4.69) is 39.0 Å². The van der Waals surface area contributed by atoms with E-state index in [0.717, 1.165) is 38.6 Å². The van der Waals surface area contributed by atoms with E-state index in [0.29, 0.717) is 6.54 Å². The molecule has 136 valence electrons. The Morgan fingerprint density at radius 3 is 2.46 bits per heavy atom. The van der Waals surface area contributed by atoms with Gasteiger partial charge in [0.1, 0.15) is 5.60 Å². The number of ether oxygens (including phenoxy) is 1. The highest BCUT2D eigenvalue weighted by Crippen LogP contribution is 2.19. The van der Waals surface area contributed by atoms with E-state index in [4.69, 9.17) is 4.74 Å². The standard InChI is InChI=1S/C21H35NO2/c1-17(2)9-7-10-18(3)11-8-12-19-13-15-22(16-14-19)20(23)24-21(4,5)6/h9,11,13H,7-8,10,12,14-16H2,1-6H3. The Morgan fingerprint density at radius 1 is 1.21 bits per heavy atom. The van der Waals surface area contributed by atoms with E-state index in [-0.39, 0.29) is 6.09 Å². The molecule has 1 aliphatic heterocycles. The molecular weight excluding hydrogens is 298 g/mol. The van der Waals surface area contributed by atoms with Crippen LogP contribution in [0.4, 0.5) is 4.79 Å². The monoisotopic (exact) mass is 333 g/mol. The quantitative estimate of drug-likeness (QED) is 0.556. The number of hydrogen-bond acceptors (Lipinski definition) is 2. The number of amides is 1. The predicted octanol–water partition coefficient (Wildman–Crippen LogP) is 6.03. The van der Waals surface area contributed by atoms with Gasteiger partial charge in [0.2, 0.25) is 0 Å². The van der Waals surface area contributed by atoms with Gasteiger partial charge in [-0.2, -0.15) is 0 Å². The lowest BCUT2D eigenvalue weighted by atomic mass is 10.0. The summed E-state index contributed by atoms with van der Waals surface area (Å²) in [5.74, 6) is 0. The van der Waals surface area contributed by atoms with Crippen LogP contribution in [0.15, 0.2) is 34.9 Å². The molecule has 1 aliphatic rings. The Labute approximate surface area is 148 Å². The minimum Gasteiger partial charge on any atom is -0.444 e. The van der Waals surface area contributed by atoms with E-state index in [1.54, 1.807) is 4.90 Å². The van der Waals surface area contributed by atoms with Crippen molar-refractivity contribution in [3.63, 3.8) is 0 Å². The lowest BCUT2D eigenvalue weighted by molar-refractivity contribution is 0.0265. The average Bonchev–Trinajstić information content (AvgIpc) is 2.45. The van der Waals surface area contributed by atoms with Crippen LogP contribution in [0.2, 0.25) is 0 Å². The van der Waals surface area contributed by atoms with Crippen LogP contribution < -0.4 is 0 Å². The van der Waals surface area contributed by atoms with Crippen molar-refractivity contribution in [2.45, 2.75) is 79.2 Å². The molecule has 3 nitrogen and oxygen atoms in total. The first-order valence-electron chi connectivity index (χ1n) is 9.12. The summed E-state index contributed by atoms with van der Waals surface area (Å²) in [5.41, 5.74) is 3.90. The summed E-state index contributed by atoms with van der Waals surface area (Å²) in [6.07, 6.45) is 12.1. The zero-order valence-electron chi connectivity index (χ0n) is 16.4. The summed E-state index contributed by atoms with van der Waals surface area (Å²) >= 11 is 0. The summed E-state index contributed by atoms with van der Waals surface area (Å²) in [4.78, 5) is 13.8. The third-order valence-corrected chi connectivity index (χ3v) is 4.00. The van der Waals surface area contributed by atoms with Gasteiger partial charge in [-0.25, -0.2) is 4.79 Å². The van der Waals surface area contributed by atoms with E-state index in [9.17, 15) is 4.79 Å². The van der Waals surface area contributed by atoms with E-state index in [1.165, 1.54) is 16.7 Å². The molecule has 0 radical (unpaired) electrons. The van der Waals surface area contributed by atoms with Crippen molar-refractivity contribution >= 4 is 6.09 Å². The number of allylic oxidation sites excluding steroid dienone is 4. The lowest BCUT2D eigenvalue weighted by Gasteiger charge is -2.29. The van der Waals surface area contributed by atoms with Crippen LogP contribution >= 0.6 is 0 Å². The summed E-state index contributed by atoms with van der Waals surface area (Å²) in [5, 5.41) is 0. The molecule has 0 aromatic rings. The molecule has 0 unspecified atom stereocenters. The van der Waals surface area contributed by atoms with Gasteiger partial charge < -0.3 is 9.64 Å². The minimum absolute atomic E-state index is 0.201. The van der Waals surface area contributed by atoms with Gasteiger partial charge in [-0.1, -0.05) is 34.9 Å².